The summed E-state index contributed by atoms with van der Waals surface area (Å²) in [6.07, 6.45) is 2.25. The number of pyridine rings is 1. The van der Waals surface area contributed by atoms with E-state index in [-0.39, 0.29) is 12.1 Å². The summed E-state index contributed by atoms with van der Waals surface area (Å²) in [5.41, 5.74) is 7.01. The molecule has 2 rings (SSSR count). The highest BCUT2D eigenvalue weighted by molar-refractivity contribution is 5.39. The number of rotatable bonds is 6. The highest BCUT2D eigenvalue weighted by Gasteiger charge is 2.22. The summed E-state index contributed by atoms with van der Waals surface area (Å²) in [6.45, 7) is 2.03. The van der Waals surface area contributed by atoms with Crippen molar-refractivity contribution in [1.29, 1.82) is 0 Å². The van der Waals surface area contributed by atoms with Crippen molar-refractivity contribution >= 4 is 0 Å². The average molecular weight is 272 g/mol. The molecule has 0 aliphatic rings. The second kappa shape index (κ2) is 6.91. The molecule has 4 nitrogen and oxygen atoms in total. The molecule has 4 heteroatoms. The lowest BCUT2D eigenvalue weighted by Crippen LogP contribution is -2.32. The number of para-hydroxylation sites is 2. The van der Waals surface area contributed by atoms with E-state index in [2.05, 4.69) is 4.98 Å². The minimum Gasteiger partial charge on any atom is -0.493 e. The Morgan fingerprint density at radius 2 is 1.80 bits per heavy atom. The van der Waals surface area contributed by atoms with Crippen LogP contribution in [-0.2, 0) is 0 Å². The lowest BCUT2D eigenvalue weighted by molar-refractivity contribution is 0.160. The molecule has 2 atom stereocenters. The lowest BCUT2D eigenvalue weighted by atomic mass is 10.1. The predicted molar refractivity (Wildman–Crippen MR) is 78.9 cm³/mol. The summed E-state index contributed by atoms with van der Waals surface area (Å²) in [5.74, 6) is 1.37. The molecule has 1 aromatic heterocycles. The smallest absolute Gasteiger partial charge is 0.162 e. The van der Waals surface area contributed by atoms with E-state index in [1.165, 1.54) is 0 Å². The van der Waals surface area contributed by atoms with Crippen LogP contribution in [0.3, 0.4) is 0 Å². The number of methoxy groups -OCH3 is 1. The topological polar surface area (TPSA) is 57.4 Å². The monoisotopic (exact) mass is 272 g/mol. The number of hydrogen-bond acceptors (Lipinski definition) is 4. The molecule has 106 valence electrons. The zero-order valence-electron chi connectivity index (χ0n) is 11.8. The fourth-order valence-electron chi connectivity index (χ4n) is 1.98. The van der Waals surface area contributed by atoms with E-state index in [4.69, 9.17) is 15.2 Å². The van der Waals surface area contributed by atoms with Crippen LogP contribution < -0.4 is 15.2 Å². The molecule has 0 radical (unpaired) electrons. The van der Waals surface area contributed by atoms with Crippen LogP contribution >= 0.6 is 0 Å². The molecule has 20 heavy (non-hydrogen) atoms. The van der Waals surface area contributed by atoms with Crippen LogP contribution in [0.1, 0.15) is 25.1 Å². The Bertz CT molecular complexity index is 531. The summed E-state index contributed by atoms with van der Waals surface area (Å²) in [5, 5.41) is 0. The largest absolute Gasteiger partial charge is 0.493 e. The standard InChI is InChI=1S/C16H20N2O2/c1-3-12(17)16(13-8-6-7-11-18-13)20-15-10-5-4-9-14(15)19-2/h4-12,16H,3,17H2,1-2H3. The molecule has 2 N–H and O–H groups in total. The van der Waals surface area contributed by atoms with Crippen molar-refractivity contribution in [3.8, 4) is 11.5 Å². The van der Waals surface area contributed by atoms with Crippen molar-refractivity contribution in [2.45, 2.75) is 25.5 Å². The molecule has 0 saturated heterocycles. The molecular weight excluding hydrogens is 252 g/mol. The summed E-state index contributed by atoms with van der Waals surface area (Å²) in [6, 6.07) is 13.2. The maximum Gasteiger partial charge on any atom is 0.162 e. The van der Waals surface area contributed by atoms with Gasteiger partial charge in [0.25, 0.3) is 0 Å². The number of nitrogens with two attached hydrogens (primary N) is 1. The van der Waals surface area contributed by atoms with Gasteiger partial charge >= 0.3 is 0 Å². The number of ether oxygens (including phenoxy) is 2. The third-order valence-electron chi connectivity index (χ3n) is 3.16. The van der Waals surface area contributed by atoms with Crippen LogP contribution in [0.4, 0.5) is 0 Å². The minimum absolute atomic E-state index is 0.130. The van der Waals surface area contributed by atoms with Gasteiger partial charge in [0.15, 0.2) is 17.6 Å². The van der Waals surface area contributed by atoms with E-state index in [1.54, 1.807) is 13.3 Å². The summed E-state index contributed by atoms with van der Waals surface area (Å²) < 4.78 is 11.4. The van der Waals surface area contributed by atoms with Gasteiger partial charge in [0, 0.05) is 12.2 Å². The lowest BCUT2D eigenvalue weighted by Gasteiger charge is -2.24. The Balaban J connectivity index is 2.29. The van der Waals surface area contributed by atoms with E-state index >= 15 is 0 Å². The number of hydrogen-bond donors (Lipinski definition) is 1. The van der Waals surface area contributed by atoms with Gasteiger partial charge in [-0.3, -0.25) is 4.98 Å². The Morgan fingerprint density at radius 1 is 1.10 bits per heavy atom. The number of benzene rings is 1. The van der Waals surface area contributed by atoms with Gasteiger partial charge in [-0.15, -0.1) is 0 Å². The predicted octanol–water partition coefficient (Wildman–Crippen LogP) is 2.95. The van der Waals surface area contributed by atoms with Crippen molar-refractivity contribution in [3.05, 3.63) is 54.4 Å². The van der Waals surface area contributed by atoms with Crippen molar-refractivity contribution in [3.63, 3.8) is 0 Å². The Hall–Kier alpha value is -2.07. The second-order valence-corrected chi connectivity index (χ2v) is 4.52. The van der Waals surface area contributed by atoms with E-state index in [9.17, 15) is 0 Å². The quantitative estimate of drug-likeness (QED) is 0.878. The average Bonchev–Trinajstić information content (AvgIpc) is 2.53. The summed E-state index contributed by atoms with van der Waals surface area (Å²) in [7, 11) is 1.62. The van der Waals surface area contributed by atoms with Gasteiger partial charge in [0.05, 0.1) is 12.8 Å². The van der Waals surface area contributed by atoms with Gasteiger partial charge in [-0.05, 0) is 30.7 Å². The molecule has 1 heterocycles. The Morgan fingerprint density at radius 3 is 2.40 bits per heavy atom. The molecule has 0 bridgehead atoms. The minimum atomic E-state index is -0.294. The van der Waals surface area contributed by atoms with Crippen molar-refractivity contribution in [2.75, 3.05) is 7.11 Å². The molecule has 2 unspecified atom stereocenters. The van der Waals surface area contributed by atoms with E-state index in [0.29, 0.717) is 11.5 Å². The second-order valence-electron chi connectivity index (χ2n) is 4.52. The van der Waals surface area contributed by atoms with Crippen LogP contribution in [0.5, 0.6) is 11.5 Å². The first-order valence-corrected chi connectivity index (χ1v) is 6.72. The molecule has 0 aliphatic heterocycles. The van der Waals surface area contributed by atoms with Crippen LogP contribution in [0, 0.1) is 0 Å². The fourth-order valence-corrected chi connectivity index (χ4v) is 1.98. The first kappa shape index (κ1) is 14.3. The fraction of sp³-hybridized carbons (Fsp3) is 0.312. The van der Waals surface area contributed by atoms with Gasteiger partial charge in [-0.2, -0.15) is 0 Å². The number of nitrogens with zero attached hydrogens (tertiary/aromatic N) is 1. The van der Waals surface area contributed by atoms with E-state index in [1.807, 2.05) is 49.4 Å². The van der Waals surface area contributed by atoms with E-state index in [0.717, 1.165) is 12.1 Å². The third kappa shape index (κ3) is 3.27. The molecule has 0 aliphatic carbocycles. The summed E-state index contributed by atoms with van der Waals surface area (Å²) in [4.78, 5) is 4.35. The van der Waals surface area contributed by atoms with E-state index < -0.39 is 0 Å². The number of aromatic nitrogens is 1. The highest BCUT2D eigenvalue weighted by Crippen LogP contribution is 2.31. The van der Waals surface area contributed by atoms with Gasteiger partial charge in [0.2, 0.25) is 0 Å². The zero-order chi connectivity index (χ0) is 14.4. The molecular formula is C16H20N2O2. The molecule has 0 saturated carbocycles. The first-order valence-electron chi connectivity index (χ1n) is 6.72. The van der Waals surface area contributed by atoms with Crippen molar-refractivity contribution < 1.29 is 9.47 Å². The van der Waals surface area contributed by atoms with Gasteiger partial charge in [0.1, 0.15) is 0 Å². The molecule has 0 amide bonds. The maximum absolute atomic E-state index is 6.18. The third-order valence-corrected chi connectivity index (χ3v) is 3.16. The van der Waals surface area contributed by atoms with Crippen LogP contribution in [-0.4, -0.2) is 18.1 Å². The normalized spacial score (nSPS) is 13.6. The van der Waals surface area contributed by atoms with Gasteiger partial charge in [-0.25, -0.2) is 0 Å². The van der Waals surface area contributed by atoms with Crippen molar-refractivity contribution in [1.82, 2.24) is 4.98 Å². The first-order chi connectivity index (χ1) is 9.76. The maximum atomic E-state index is 6.18. The van der Waals surface area contributed by atoms with Crippen LogP contribution in [0.2, 0.25) is 0 Å². The zero-order valence-corrected chi connectivity index (χ0v) is 11.8. The van der Waals surface area contributed by atoms with Crippen LogP contribution in [0.25, 0.3) is 0 Å². The molecule has 0 fully saturated rings. The highest BCUT2D eigenvalue weighted by atomic mass is 16.5. The Labute approximate surface area is 119 Å². The van der Waals surface area contributed by atoms with Gasteiger partial charge < -0.3 is 15.2 Å². The Kier molecular flexibility index (Phi) is 4.96. The van der Waals surface area contributed by atoms with Gasteiger partial charge in [-0.1, -0.05) is 25.1 Å². The van der Waals surface area contributed by atoms with Crippen LogP contribution in [0.15, 0.2) is 48.7 Å². The molecule has 0 spiro atoms. The van der Waals surface area contributed by atoms with Crippen molar-refractivity contribution in [2.24, 2.45) is 5.73 Å². The summed E-state index contributed by atoms with van der Waals surface area (Å²) >= 11 is 0. The SMILES string of the molecule is CCC(N)C(Oc1ccccc1OC)c1ccccn1. The molecule has 2 aromatic rings. The molecule has 1 aromatic carbocycles.